The van der Waals surface area contributed by atoms with Crippen LogP contribution in [-0.4, -0.2) is 66.6 Å². The van der Waals surface area contributed by atoms with Crippen molar-refractivity contribution in [3.8, 4) is 0 Å². The van der Waals surface area contributed by atoms with Crippen LogP contribution in [0, 0.1) is 28.6 Å². The molecule has 7 nitrogen and oxygen atoms in total. The number of fused-ring (bicyclic) bond motifs is 2. The monoisotopic (exact) mass is 454 g/mol. The van der Waals surface area contributed by atoms with Gasteiger partial charge in [-0.05, 0) is 58.3 Å². The van der Waals surface area contributed by atoms with Crippen LogP contribution in [0.1, 0.15) is 86.0 Å². The average molecular weight is 455 g/mol. The third-order valence-electron chi connectivity index (χ3n) is 10.2. The first-order chi connectivity index (χ1) is 14.7. The summed E-state index contributed by atoms with van der Waals surface area (Å²) in [7, 11) is 0. The summed E-state index contributed by atoms with van der Waals surface area (Å²) in [6, 6.07) is 0. The van der Waals surface area contributed by atoms with E-state index in [1.807, 2.05) is 6.92 Å². The van der Waals surface area contributed by atoms with Gasteiger partial charge < -0.3 is 30.3 Å². The highest BCUT2D eigenvalue weighted by Crippen LogP contribution is 2.70. The Morgan fingerprint density at radius 3 is 2.28 bits per heavy atom. The summed E-state index contributed by atoms with van der Waals surface area (Å²) in [5.74, 6) is -1.72. The Bertz CT molecular complexity index is 761. The summed E-state index contributed by atoms with van der Waals surface area (Å²) in [5, 5.41) is 57.6. The number of aliphatic hydroxyl groups excluding tert-OH is 2. The highest BCUT2D eigenvalue weighted by molar-refractivity contribution is 5.69. The van der Waals surface area contributed by atoms with Crippen molar-refractivity contribution in [1.29, 1.82) is 0 Å². The van der Waals surface area contributed by atoms with Gasteiger partial charge in [0.25, 0.3) is 0 Å². The van der Waals surface area contributed by atoms with Crippen LogP contribution in [0.2, 0.25) is 0 Å². The van der Waals surface area contributed by atoms with E-state index in [-0.39, 0.29) is 30.6 Å². The number of aliphatic hydroxyl groups is 5. The van der Waals surface area contributed by atoms with Gasteiger partial charge in [0.2, 0.25) is 0 Å². The molecular formula is C25H42O7. The fraction of sp³-hybridized carbons (Fsp3) is 0.960. The fourth-order valence-corrected chi connectivity index (χ4v) is 8.49. The second kappa shape index (κ2) is 7.38. The van der Waals surface area contributed by atoms with Crippen LogP contribution in [0.3, 0.4) is 0 Å². The highest BCUT2D eigenvalue weighted by atomic mass is 16.5. The summed E-state index contributed by atoms with van der Waals surface area (Å²) in [6.45, 7) is 8.94. The number of carbonyl (C=O) groups is 1. The Morgan fingerprint density at radius 2 is 1.66 bits per heavy atom. The second-order valence-corrected chi connectivity index (χ2v) is 12.3. The van der Waals surface area contributed by atoms with Crippen molar-refractivity contribution < 1.29 is 35.1 Å². The smallest absolute Gasteiger partial charge is 0.306 e. The zero-order valence-corrected chi connectivity index (χ0v) is 20.2. The molecule has 4 fully saturated rings. The molecule has 184 valence electrons. The summed E-state index contributed by atoms with van der Waals surface area (Å²) in [4.78, 5) is 12.7. The lowest BCUT2D eigenvalue weighted by Crippen LogP contribution is -2.60. The van der Waals surface area contributed by atoms with Gasteiger partial charge in [-0.25, -0.2) is 0 Å². The minimum absolute atomic E-state index is 0.106. The molecule has 10 atom stereocenters. The van der Waals surface area contributed by atoms with Crippen LogP contribution >= 0.6 is 0 Å². The molecule has 2 unspecified atom stereocenters. The van der Waals surface area contributed by atoms with Crippen molar-refractivity contribution in [3.05, 3.63) is 0 Å². The van der Waals surface area contributed by atoms with Gasteiger partial charge in [-0.15, -0.1) is 0 Å². The molecule has 0 heterocycles. The largest absolute Gasteiger partial charge is 0.461 e. The van der Waals surface area contributed by atoms with E-state index in [1.165, 1.54) is 0 Å². The Morgan fingerprint density at radius 1 is 1.00 bits per heavy atom. The van der Waals surface area contributed by atoms with Gasteiger partial charge in [-0.1, -0.05) is 27.2 Å². The standard InChI is InChI=1S/C25H42O7/c1-6-7-8-19(28)32-20-14-9-10-15-23(5,30)16-11-17(26)21(2,3)25(16,31)18(27)12-24(15,20)13-22(14,4)29/h14-18,20,26-27,29-31H,6-13H2,1-5H3/t14-,15-,16-,17-,18-,20?,22+,23+,24?,25-/m0/s1. The lowest BCUT2D eigenvalue weighted by Gasteiger charge is -2.52. The second-order valence-electron chi connectivity index (χ2n) is 12.3. The first-order valence-corrected chi connectivity index (χ1v) is 12.4. The van der Waals surface area contributed by atoms with E-state index >= 15 is 0 Å². The molecule has 32 heavy (non-hydrogen) atoms. The molecule has 0 radical (unpaired) electrons. The number of hydrogen-bond donors (Lipinski definition) is 5. The third kappa shape index (κ3) is 3.00. The molecule has 4 aliphatic carbocycles. The Hall–Kier alpha value is -0.730. The number of esters is 1. The molecule has 7 heteroatoms. The zero-order valence-electron chi connectivity index (χ0n) is 20.2. The predicted molar refractivity (Wildman–Crippen MR) is 117 cm³/mol. The van der Waals surface area contributed by atoms with E-state index in [4.69, 9.17) is 4.74 Å². The van der Waals surface area contributed by atoms with E-state index < -0.39 is 51.9 Å². The van der Waals surface area contributed by atoms with Gasteiger partial charge in [0, 0.05) is 29.1 Å². The quantitative estimate of drug-likeness (QED) is 0.411. The Labute approximate surface area is 191 Å². The maximum absolute atomic E-state index is 12.7. The van der Waals surface area contributed by atoms with Crippen LogP contribution in [0.5, 0.6) is 0 Å². The van der Waals surface area contributed by atoms with Gasteiger partial charge in [0.05, 0.1) is 23.4 Å². The topological polar surface area (TPSA) is 127 Å². The van der Waals surface area contributed by atoms with Crippen LogP contribution in [0.15, 0.2) is 0 Å². The van der Waals surface area contributed by atoms with Crippen molar-refractivity contribution in [2.45, 2.75) is 121 Å². The molecule has 0 aromatic heterocycles. The van der Waals surface area contributed by atoms with Crippen molar-refractivity contribution in [1.82, 2.24) is 0 Å². The molecule has 0 aromatic rings. The summed E-state index contributed by atoms with van der Waals surface area (Å²) in [6.07, 6.45) is 0.937. The minimum Gasteiger partial charge on any atom is -0.461 e. The molecule has 0 aliphatic heterocycles. The molecule has 4 rings (SSSR count). The van der Waals surface area contributed by atoms with Gasteiger partial charge >= 0.3 is 5.97 Å². The van der Waals surface area contributed by atoms with Crippen molar-refractivity contribution in [2.75, 3.05) is 0 Å². The lowest BCUT2D eigenvalue weighted by molar-refractivity contribution is -0.202. The van der Waals surface area contributed by atoms with Crippen molar-refractivity contribution >= 4 is 5.97 Å². The molecule has 2 bridgehead atoms. The lowest BCUT2D eigenvalue weighted by atomic mass is 9.57. The van der Waals surface area contributed by atoms with Crippen LogP contribution in [0.4, 0.5) is 0 Å². The number of ether oxygens (including phenoxy) is 1. The fourth-order valence-electron chi connectivity index (χ4n) is 8.49. The van der Waals surface area contributed by atoms with E-state index in [1.54, 1.807) is 27.7 Å². The normalized spacial score (nSPS) is 53.9. The number of rotatable bonds is 4. The third-order valence-corrected chi connectivity index (χ3v) is 10.2. The van der Waals surface area contributed by atoms with Gasteiger partial charge in [0.15, 0.2) is 0 Å². The van der Waals surface area contributed by atoms with E-state index in [0.29, 0.717) is 25.7 Å². The van der Waals surface area contributed by atoms with Crippen LogP contribution < -0.4 is 0 Å². The Kier molecular flexibility index (Phi) is 5.63. The Balaban J connectivity index is 1.81. The maximum Gasteiger partial charge on any atom is 0.306 e. The minimum atomic E-state index is -1.71. The molecule has 5 N–H and O–H groups in total. The predicted octanol–water partition coefficient (Wildman–Crippen LogP) is 1.91. The van der Waals surface area contributed by atoms with Crippen molar-refractivity contribution in [3.63, 3.8) is 0 Å². The van der Waals surface area contributed by atoms with Gasteiger partial charge in [0.1, 0.15) is 11.7 Å². The number of carbonyl (C=O) groups excluding carboxylic acids is 1. The first kappa shape index (κ1) is 24.4. The van der Waals surface area contributed by atoms with Crippen LogP contribution in [0.25, 0.3) is 0 Å². The van der Waals surface area contributed by atoms with E-state index in [9.17, 15) is 30.3 Å². The van der Waals surface area contributed by atoms with E-state index in [0.717, 1.165) is 12.8 Å². The molecule has 0 aromatic carbocycles. The van der Waals surface area contributed by atoms with Crippen molar-refractivity contribution in [2.24, 2.45) is 28.6 Å². The SMILES string of the molecule is CCCCC(=O)OC1[C@@H]2CC[C@@H]3C1(C[C@H](O)[C@@]1(O)[C@@H](C[C@H](O)C1(C)C)[C@]3(C)O)C[C@@]2(C)O. The molecule has 0 saturated heterocycles. The van der Waals surface area contributed by atoms with Crippen LogP contribution in [-0.2, 0) is 9.53 Å². The maximum atomic E-state index is 12.7. The van der Waals surface area contributed by atoms with Gasteiger partial charge in [-0.2, -0.15) is 0 Å². The average Bonchev–Trinajstić information content (AvgIpc) is 2.91. The highest BCUT2D eigenvalue weighted by Gasteiger charge is 2.77. The molecule has 4 aliphatic rings. The molecule has 4 saturated carbocycles. The molecule has 0 amide bonds. The summed E-state index contributed by atoms with van der Waals surface area (Å²) >= 11 is 0. The van der Waals surface area contributed by atoms with Gasteiger partial charge in [-0.3, -0.25) is 4.79 Å². The number of hydrogen-bond acceptors (Lipinski definition) is 7. The number of unbranched alkanes of at least 4 members (excludes halogenated alkanes) is 1. The molecular weight excluding hydrogens is 412 g/mol. The van der Waals surface area contributed by atoms with E-state index in [2.05, 4.69) is 0 Å². The molecule has 1 spiro atoms. The first-order valence-electron chi connectivity index (χ1n) is 12.4. The summed E-state index contributed by atoms with van der Waals surface area (Å²) in [5.41, 5.74) is -6.10. The zero-order chi connectivity index (χ0) is 23.9. The summed E-state index contributed by atoms with van der Waals surface area (Å²) < 4.78 is 6.05.